The first kappa shape index (κ1) is 21.8. The lowest BCUT2D eigenvalue weighted by Crippen LogP contribution is -2.45. The molecule has 3 rings (SSSR count). The van der Waals surface area contributed by atoms with Gasteiger partial charge >= 0.3 is 0 Å². The first-order valence-corrected chi connectivity index (χ1v) is 10.1. The van der Waals surface area contributed by atoms with Gasteiger partial charge in [0.2, 0.25) is 5.91 Å². The van der Waals surface area contributed by atoms with Crippen LogP contribution < -0.4 is 20.1 Å². The number of amides is 1. The summed E-state index contributed by atoms with van der Waals surface area (Å²) in [6, 6.07) is 13.5. The zero-order chi connectivity index (χ0) is 21.5. The maximum absolute atomic E-state index is 12.1. The second-order valence-electron chi connectivity index (χ2n) is 7.15. The summed E-state index contributed by atoms with van der Waals surface area (Å²) in [6.07, 6.45) is 0.799. The SMILES string of the molecule is COc1ccc(CN=C(NCC(=O)N(C)C)NC2CCOc3ccccc32)cc1Cl. The molecule has 0 fully saturated rings. The van der Waals surface area contributed by atoms with Crippen LogP contribution in [-0.4, -0.2) is 51.1 Å². The lowest BCUT2D eigenvalue weighted by atomic mass is 10.0. The van der Waals surface area contributed by atoms with Gasteiger partial charge in [-0.15, -0.1) is 0 Å². The number of guanidine groups is 1. The van der Waals surface area contributed by atoms with Crippen molar-refractivity contribution in [2.45, 2.75) is 19.0 Å². The molecule has 30 heavy (non-hydrogen) atoms. The predicted octanol–water partition coefficient (Wildman–Crippen LogP) is 3.00. The third kappa shape index (κ3) is 5.57. The Kier molecular flexibility index (Phi) is 7.41. The summed E-state index contributed by atoms with van der Waals surface area (Å²) >= 11 is 6.23. The molecule has 0 aliphatic carbocycles. The van der Waals surface area contributed by atoms with Gasteiger partial charge in [-0.25, -0.2) is 4.99 Å². The van der Waals surface area contributed by atoms with E-state index < -0.39 is 0 Å². The molecule has 1 heterocycles. The van der Waals surface area contributed by atoms with Gasteiger partial charge < -0.3 is 25.0 Å². The number of ether oxygens (including phenoxy) is 2. The average Bonchev–Trinajstić information content (AvgIpc) is 2.75. The van der Waals surface area contributed by atoms with Crippen LogP contribution in [-0.2, 0) is 11.3 Å². The van der Waals surface area contributed by atoms with E-state index in [9.17, 15) is 4.79 Å². The van der Waals surface area contributed by atoms with Gasteiger partial charge in [-0.2, -0.15) is 0 Å². The maximum atomic E-state index is 12.1. The lowest BCUT2D eigenvalue weighted by molar-refractivity contribution is -0.127. The molecule has 0 bridgehead atoms. The molecular weight excluding hydrogens is 404 g/mol. The van der Waals surface area contributed by atoms with Gasteiger partial charge in [0, 0.05) is 26.1 Å². The number of hydrogen-bond acceptors (Lipinski definition) is 4. The summed E-state index contributed by atoms with van der Waals surface area (Å²) in [6.45, 7) is 1.17. The van der Waals surface area contributed by atoms with Crippen LogP contribution in [0.4, 0.5) is 0 Å². The molecule has 1 aliphatic heterocycles. The molecular formula is C22H27ClN4O3. The summed E-state index contributed by atoms with van der Waals surface area (Å²) in [7, 11) is 5.03. The zero-order valence-electron chi connectivity index (χ0n) is 17.4. The van der Waals surface area contributed by atoms with Crippen LogP contribution in [0, 0.1) is 0 Å². The zero-order valence-corrected chi connectivity index (χ0v) is 18.2. The minimum atomic E-state index is -0.0376. The van der Waals surface area contributed by atoms with Crippen LogP contribution in [0.2, 0.25) is 5.02 Å². The van der Waals surface area contributed by atoms with Crippen molar-refractivity contribution in [2.24, 2.45) is 4.99 Å². The van der Waals surface area contributed by atoms with Crippen molar-refractivity contribution in [1.29, 1.82) is 0 Å². The first-order valence-electron chi connectivity index (χ1n) is 9.77. The second kappa shape index (κ2) is 10.2. The summed E-state index contributed by atoms with van der Waals surface area (Å²) in [5.41, 5.74) is 2.01. The highest BCUT2D eigenvalue weighted by atomic mass is 35.5. The van der Waals surface area contributed by atoms with Crippen molar-refractivity contribution in [1.82, 2.24) is 15.5 Å². The van der Waals surface area contributed by atoms with Crippen LogP contribution in [0.3, 0.4) is 0 Å². The molecule has 8 heteroatoms. The number of nitrogens with zero attached hydrogens (tertiary/aromatic N) is 2. The molecule has 2 aromatic rings. The van der Waals surface area contributed by atoms with Crippen molar-refractivity contribution in [3.63, 3.8) is 0 Å². The van der Waals surface area contributed by atoms with E-state index in [0.717, 1.165) is 23.3 Å². The Morgan fingerprint density at radius 3 is 2.83 bits per heavy atom. The Morgan fingerprint density at radius 2 is 2.10 bits per heavy atom. The molecule has 2 aromatic carbocycles. The summed E-state index contributed by atoms with van der Waals surface area (Å²) in [5.74, 6) is 2.01. The fourth-order valence-electron chi connectivity index (χ4n) is 3.11. The number of hydrogen-bond donors (Lipinski definition) is 2. The molecule has 160 valence electrons. The molecule has 1 amide bonds. The molecule has 2 N–H and O–H groups in total. The summed E-state index contributed by atoms with van der Waals surface area (Å²) < 4.78 is 10.9. The van der Waals surface area contributed by atoms with E-state index in [1.54, 1.807) is 21.2 Å². The fourth-order valence-corrected chi connectivity index (χ4v) is 3.39. The second-order valence-corrected chi connectivity index (χ2v) is 7.55. The maximum Gasteiger partial charge on any atom is 0.241 e. The molecule has 0 aromatic heterocycles. The number of likely N-dealkylation sites (N-methyl/N-ethyl adjacent to an activating group) is 1. The molecule has 1 atom stereocenters. The van der Waals surface area contributed by atoms with Gasteiger partial charge in [0.25, 0.3) is 0 Å². The molecule has 0 saturated heterocycles. The van der Waals surface area contributed by atoms with E-state index in [1.807, 2.05) is 42.5 Å². The quantitative estimate of drug-likeness (QED) is 0.544. The van der Waals surface area contributed by atoms with Crippen molar-refractivity contribution in [3.8, 4) is 11.5 Å². The van der Waals surface area contributed by atoms with Gasteiger partial charge in [0.1, 0.15) is 11.5 Å². The monoisotopic (exact) mass is 430 g/mol. The largest absolute Gasteiger partial charge is 0.495 e. The number of methoxy groups -OCH3 is 1. The fraction of sp³-hybridized carbons (Fsp3) is 0.364. The summed E-state index contributed by atoms with van der Waals surface area (Å²) in [5, 5.41) is 7.12. The van der Waals surface area contributed by atoms with E-state index >= 15 is 0 Å². The number of halogens is 1. The molecule has 0 spiro atoms. The molecule has 7 nitrogen and oxygen atoms in total. The minimum Gasteiger partial charge on any atom is -0.495 e. The Labute approximate surface area is 182 Å². The van der Waals surface area contributed by atoms with E-state index in [2.05, 4.69) is 15.6 Å². The van der Waals surface area contributed by atoms with Crippen LogP contribution >= 0.6 is 11.6 Å². The number of aliphatic imine (C=N–C) groups is 1. The van der Waals surface area contributed by atoms with Crippen molar-refractivity contribution in [2.75, 3.05) is 34.4 Å². The third-order valence-corrected chi connectivity index (χ3v) is 5.11. The van der Waals surface area contributed by atoms with E-state index in [-0.39, 0.29) is 18.5 Å². The van der Waals surface area contributed by atoms with E-state index in [0.29, 0.717) is 29.9 Å². The van der Waals surface area contributed by atoms with Crippen LogP contribution in [0.1, 0.15) is 23.6 Å². The Morgan fingerprint density at radius 1 is 1.30 bits per heavy atom. The highest BCUT2D eigenvalue weighted by molar-refractivity contribution is 6.32. The Hall–Kier alpha value is -2.93. The van der Waals surface area contributed by atoms with Crippen LogP contribution in [0.25, 0.3) is 0 Å². The smallest absolute Gasteiger partial charge is 0.241 e. The summed E-state index contributed by atoms with van der Waals surface area (Å²) in [4.78, 5) is 18.3. The third-order valence-electron chi connectivity index (χ3n) is 4.81. The predicted molar refractivity (Wildman–Crippen MR) is 118 cm³/mol. The number of fused-ring (bicyclic) bond motifs is 1. The normalized spacial score (nSPS) is 15.6. The van der Waals surface area contributed by atoms with Gasteiger partial charge in [0.15, 0.2) is 5.96 Å². The highest BCUT2D eigenvalue weighted by Crippen LogP contribution is 2.31. The molecule has 0 radical (unpaired) electrons. The van der Waals surface area contributed by atoms with E-state index in [4.69, 9.17) is 21.1 Å². The van der Waals surface area contributed by atoms with E-state index in [1.165, 1.54) is 4.90 Å². The van der Waals surface area contributed by atoms with Crippen molar-refractivity contribution < 1.29 is 14.3 Å². The number of para-hydroxylation sites is 1. The minimum absolute atomic E-state index is 0.0371. The standard InChI is InChI=1S/C22H27ClN4O3/c1-27(2)21(28)14-25-22(24-13-15-8-9-20(29-3)17(23)12-15)26-18-10-11-30-19-7-5-4-6-16(18)19/h4-9,12,18H,10-11,13-14H2,1-3H3,(H2,24,25,26). The van der Waals surface area contributed by atoms with Gasteiger partial charge in [-0.05, 0) is 23.8 Å². The number of nitrogens with one attached hydrogen (secondary N) is 2. The van der Waals surface area contributed by atoms with Crippen molar-refractivity contribution in [3.05, 3.63) is 58.6 Å². The average molecular weight is 431 g/mol. The first-order chi connectivity index (χ1) is 14.5. The number of benzene rings is 2. The van der Waals surface area contributed by atoms with Crippen LogP contribution in [0.5, 0.6) is 11.5 Å². The molecule has 1 aliphatic rings. The Bertz CT molecular complexity index is 917. The Balaban J connectivity index is 1.77. The highest BCUT2D eigenvalue weighted by Gasteiger charge is 2.22. The van der Waals surface area contributed by atoms with Crippen LogP contribution in [0.15, 0.2) is 47.5 Å². The van der Waals surface area contributed by atoms with Crippen molar-refractivity contribution >= 4 is 23.5 Å². The number of carbonyl (C=O) groups excluding carboxylic acids is 1. The lowest BCUT2D eigenvalue weighted by Gasteiger charge is -2.28. The van der Waals surface area contributed by atoms with Gasteiger partial charge in [0.05, 0.1) is 37.9 Å². The number of carbonyl (C=O) groups is 1. The molecule has 0 saturated carbocycles. The molecule has 1 unspecified atom stereocenters. The van der Waals surface area contributed by atoms with Gasteiger partial charge in [-0.3, -0.25) is 4.79 Å². The number of rotatable bonds is 6. The topological polar surface area (TPSA) is 75.2 Å². The van der Waals surface area contributed by atoms with Gasteiger partial charge in [-0.1, -0.05) is 35.9 Å².